The van der Waals surface area contributed by atoms with Gasteiger partial charge in [0.25, 0.3) is 5.91 Å². The van der Waals surface area contributed by atoms with Gasteiger partial charge < -0.3 is 5.32 Å². The first-order valence-corrected chi connectivity index (χ1v) is 10.9. The second-order valence-corrected chi connectivity index (χ2v) is 8.05. The molecule has 0 aliphatic heterocycles. The van der Waals surface area contributed by atoms with Gasteiger partial charge in [0.15, 0.2) is 0 Å². The van der Waals surface area contributed by atoms with Crippen molar-refractivity contribution in [3.8, 4) is 0 Å². The van der Waals surface area contributed by atoms with Crippen molar-refractivity contribution < 1.29 is 4.79 Å². The number of carbonyl (C=O) groups is 1. The van der Waals surface area contributed by atoms with Crippen LogP contribution in [0.2, 0.25) is 0 Å². The zero-order valence-corrected chi connectivity index (χ0v) is 17.2. The van der Waals surface area contributed by atoms with Crippen molar-refractivity contribution in [3.63, 3.8) is 0 Å². The lowest BCUT2D eigenvalue weighted by Crippen LogP contribution is -2.26. The fourth-order valence-electron chi connectivity index (χ4n) is 3.21. The van der Waals surface area contributed by atoms with Crippen molar-refractivity contribution in [3.05, 3.63) is 107 Å². The van der Waals surface area contributed by atoms with Crippen LogP contribution >= 0.6 is 11.8 Å². The quantitative estimate of drug-likeness (QED) is 0.494. The molecule has 3 aromatic rings. The van der Waals surface area contributed by atoms with Crippen LogP contribution in [0.4, 0.5) is 0 Å². The first-order chi connectivity index (χ1) is 13.7. The van der Waals surface area contributed by atoms with E-state index in [9.17, 15) is 4.79 Å². The van der Waals surface area contributed by atoms with Gasteiger partial charge in [-0.1, -0.05) is 78.4 Å². The number of amides is 1. The van der Waals surface area contributed by atoms with Crippen molar-refractivity contribution in [1.82, 2.24) is 5.32 Å². The Labute approximate surface area is 172 Å². The summed E-state index contributed by atoms with van der Waals surface area (Å²) < 4.78 is 0. The molecule has 0 spiro atoms. The highest BCUT2D eigenvalue weighted by Gasteiger charge is 2.10. The molecular formula is C25H27NOS. The maximum atomic E-state index is 12.6. The Bertz CT molecular complexity index is 892. The third kappa shape index (κ3) is 6.28. The van der Waals surface area contributed by atoms with Gasteiger partial charge in [0.2, 0.25) is 0 Å². The van der Waals surface area contributed by atoms with Crippen LogP contribution in [0, 0.1) is 6.92 Å². The maximum Gasteiger partial charge on any atom is 0.251 e. The summed E-state index contributed by atoms with van der Waals surface area (Å²) in [6.07, 6.45) is 1.81. The molecule has 0 saturated carbocycles. The lowest BCUT2D eigenvalue weighted by Gasteiger charge is -2.10. The molecule has 0 bridgehead atoms. The number of hydrogen-bond donors (Lipinski definition) is 1. The van der Waals surface area contributed by atoms with E-state index in [2.05, 4.69) is 66.8 Å². The Morgan fingerprint density at radius 1 is 0.857 bits per heavy atom. The molecule has 0 heterocycles. The van der Waals surface area contributed by atoms with E-state index in [1.54, 1.807) is 0 Å². The van der Waals surface area contributed by atoms with E-state index in [1.165, 1.54) is 16.7 Å². The third-order valence-electron chi connectivity index (χ3n) is 4.67. The number of aryl methyl sites for hydroxylation is 3. The molecule has 144 valence electrons. The number of rotatable bonds is 9. The molecular weight excluding hydrogens is 362 g/mol. The van der Waals surface area contributed by atoms with Gasteiger partial charge in [-0.15, -0.1) is 0 Å². The number of thioether (sulfide) groups is 1. The van der Waals surface area contributed by atoms with E-state index in [0.717, 1.165) is 35.5 Å². The summed E-state index contributed by atoms with van der Waals surface area (Å²) in [6.45, 7) is 2.80. The van der Waals surface area contributed by atoms with Gasteiger partial charge in [0.1, 0.15) is 0 Å². The third-order valence-corrected chi connectivity index (χ3v) is 5.70. The van der Waals surface area contributed by atoms with Crippen LogP contribution in [0.15, 0.2) is 78.9 Å². The first kappa shape index (κ1) is 20.2. The van der Waals surface area contributed by atoms with E-state index < -0.39 is 0 Å². The highest BCUT2D eigenvalue weighted by atomic mass is 32.2. The SMILES string of the molecule is Cc1cccc(CSCCNC(=O)c2ccccc2CCc2ccccc2)c1. The second kappa shape index (κ2) is 10.7. The summed E-state index contributed by atoms with van der Waals surface area (Å²) in [5, 5.41) is 3.08. The molecule has 2 nitrogen and oxygen atoms in total. The van der Waals surface area contributed by atoms with Gasteiger partial charge in [-0.2, -0.15) is 11.8 Å². The number of nitrogens with one attached hydrogen (secondary N) is 1. The molecule has 0 fully saturated rings. The summed E-state index contributed by atoms with van der Waals surface area (Å²) in [5.74, 6) is 1.91. The molecule has 28 heavy (non-hydrogen) atoms. The largest absolute Gasteiger partial charge is 0.351 e. The number of carbonyl (C=O) groups excluding carboxylic acids is 1. The van der Waals surface area contributed by atoms with Crippen molar-refractivity contribution in [2.75, 3.05) is 12.3 Å². The van der Waals surface area contributed by atoms with Crippen LogP contribution in [-0.2, 0) is 18.6 Å². The molecule has 1 N–H and O–H groups in total. The first-order valence-electron chi connectivity index (χ1n) is 9.76. The molecule has 3 rings (SSSR count). The molecule has 0 aliphatic rings. The van der Waals surface area contributed by atoms with E-state index in [0.29, 0.717) is 6.54 Å². The van der Waals surface area contributed by atoms with Gasteiger partial charge in [-0.25, -0.2) is 0 Å². The highest BCUT2D eigenvalue weighted by molar-refractivity contribution is 7.98. The zero-order valence-electron chi connectivity index (χ0n) is 16.4. The average Bonchev–Trinajstić information content (AvgIpc) is 2.73. The number of benzene rings is 3. The summed E-state index contributed by atoms with van der Waals surface area (Å²) in [5.41, 5.74) is 5.82. The van der Waals surface area contributed by atoms with Crippen LogP contribution in [0.5, 0.6) is 0 Å². The Kier molecular flexibility index (Phi) is 7.74. The van der Waals surface area contributed by atoms with Crippen molar-refractivity contribution in [2.24, 2.45) is 0 Å². The summed E-state index contributed by atoms with van der Waals surface area (Å²) in [6, 6.07) is 26.9. The predicted molar refractivity (Wildman–Crippen MR) is 120 cm³/mol. The highest BCUT2D eigenvalue weighted by Crippen LogP contribution is 2.14. The normalized spacial score (nSPS) is 10.6. The van der Waals surface area contributed by atoms with Crippen LogP contribution < -0.4 is 5.32 Å². The predicted octanol–water partition coefficient (Wildman–Crippen LogP) is 5.44. The summed E-state index contributed by atoms with van der Waals surface area (Å²) >= 11 is 1.85. The molecule has 0 saturated heterocycles. The minimum atomic E-state index is 0.0276. The Balaban J connectivity index is 1.46. The Morgan fingerprint density at radius 2 is 1.61 bits per heavy atom. The molecule has 1 amide bonds. The smallest absolute Gasteiger partial charge is 0.251 e. The van der Waals surface area contributed by atoms with Crippen LogP contribution in [-0.4, -0.2) is 18.2 Å². The van der Waals surface area contributed by atoms with Crippen LogP contribution in [0.1, 0.15) is 32.6 Å². The standard InChI is InChI=1S/C25H27NOS/c1-20-8-7-11-22(18-20)19-28-17-16-26-25(27)24-13-6-5-12-23(24)15-14-21-9-3-2-4-10-21/h2-13,18H,14-17,19H2,1H3,(H,26,27). The van der Waals surface area contributed by atoms with E-state index in [-0.39, 0.29) is 5.91 Å². The fourth-order valence-corrected chi connectivity index (χ4v) is 4.01. The molecule has 3 aromatic carbocycles. The van der Waals surface area contributed by atoms with Gasteiger partial charge >= 0.3 is 0 Å². The Hall–Kier alpha value is -2.52. The average molecular weight is 390 g/mol. The number of hydrogen-bond acceptors (Lipinski definition) is 2. The van der Waals surface area contributed by atoms with E-state index >= 15 is 0 Å². The van der Waals surface area contributed by atoms with E-state index in [4.69, 9.17) is 0 Å². The van der Waals surface area contributed by atoms with Crippen LogP contribution in [0.25, 0.3) is 0 Å². The molecule has 0 unspecified atom stereocenters. The van der Waals surface area contributed by atoms with Crippen molar-refractivity contribution >= 4 is 17.7 Å². The molecule has 0 aliphatic carbocycles. The van der Waals surface area contributed by atoms with Crippen molar-refractivity contribution in [2.45, 2.75) is 25.5 Å². The van der Waals surface area contributed by atoms with Gasteiger partial charge in [-0.05, 0) is 42.5 Å². The lowest BCUT2D eigenvalue weighted by molar-refractivity contribution is 0.0955. The van der Waals surface area contributed by atoms with Crippen molar-refractivity contribution in [1.29, 1.82) is 0 Å². The summed E-state index contributed by atoms with van der Waals surface area (Å²) in [7, 11) is 0. The van der Waals surface area contributed by atoms with Gasteiger partial charge in [-0.3, -0.25) is 4.79 Å². The van der Waals surface area contributed by atoms with E-state index in [1.807, 2.05) is 36.0 Å². The zero-order chi connectivity index (χ0) is 19.6. The lowest BCUT2D eigenvalue weighted by atomic mass is 9.99. The van der Waals surface area contributed by atoms with Gasteiger partial charge in [0, 0.05) is 23.6 Å². The molecule has 0 atom stereocenters. The second-order valence-electron chi connectivity index (χ2n) is 6.94. The Morgan fingerprint density at radius 3 is 2.43 bits per heavy atom. The fraction of sp³-hybridized carbons (Fsp3) is 0.240. The van der Waals surface area contributed by atoms with Gasteiger partial charge in [0.05, 0.1) is 0 Å². The molecule has 0 radical (unpaired) electrons. The monoisotopic (exact) mass is 389 g/mol. The summed E-state index contributed by atoms with van der Waals surface area (Å²) in [4.78, 5) is 12.6. The minimum absolute atomic E-state index is 0.0276. The topological polar surface area (TPSA) is 29.1 Å². The molecule has 3 heteroatoms. The maximum absolute atomic E-state index is 12.6. The minimum Gasteiger partial charge on any atom is -0.351 e. The molecule has 0 aromatic heterocycles. The van der Waals surface area contributed by atoms with Crippen LogP contribution in [0.3, 0.4) is 0 Å².